The second-order valence-electron chi connectivity index (χ2n) is 7.30. The molecule has 0 amide bonds. The van der Waals surface area contributed by atoms with Crippen LogP contribution < -0.4 is 9.80 Å². The molecule has 10 heteroatoms. The number of likely N-dealkylation sites (N-methyl/N-ethyl adjacent to an activating group) is 1. The topological polar surface area (TPSA) is 137 Å². The fourth-order valence-corrected chi connectivity index (χ4v) is 3.49. The lowest BCUT2D eigenvalue weighted by atomic mass is 10.0. The molecule has 0 radical (unpaired) electrons. The lowest BCUT2D eigenvalue weighted by Crippen LogP contribution is -2.27. The normalized spacial score (nSPS) is 18.5. The van der Waals surface area contributed by atoms with Crippen LogP contribution in [-0.2, 0) is 14.4 Å². The number of hydroxylamine groups is 1. The minimum Gasteiger partial charge on any atom is -0.478 e. The molecule has 0 aliphatic carbocycles. The average molecular weight is 430 g/mol. The Kier molecular flexibility index (Phi) is 6.42. The lowest BCUT2D eigenvalue weighted by Gasteiger charge is -2.24. The van der Waals surface area contributed by atoms with Crippen molar-refractivity contribution in [3.63, 3.8) is 0 Å². The number of ether oxygens (including phenoxy) is 1. The Morgan fingerprint density at radius 3 is 2.32 bits per heavy atom. The third-order valence-corrected chi connectivity index (χ3v) is 4.72. The third kappa shape index (κ3) is 4.93. The molecule has 2 atom stereocenters. The smallest absolute Gasteiger partial charge is 0.414 e. The third-order valence-electron chi connectivity index (χ3n) is 4.72. The number of fused-ring (bicyclic) bond motifs is 5. The van der Waals surface area contributed by atoms with Gasteiger partial charge in [-0.3, -0.25) is 4.84 Å². The number of hydrogen-bond donors (Lipinski definition) is 3. The number of carboxylic acids is 3. The van der Waals surface area contributed by atoms with Crippen LogP contribution in [0.15, 0.2) is 42.5 Å². The lowest BCUT2D eigenvalue weighted by molar-refractivity contribution is -0.159. The van der Waals surface area contributed by atoms with Gasteiger partial charge in [0.25, 0.3) is 0 Å². The highest BCUT2D eigenvalue weighted by Gasteiger charge is 2.40. The summed E-state index contributed by atoms with van der Waals surface area (Å²) in [6, 6.07) is 12.8. The first-order valence-corrected chi connectivity index (χ1v) is 9.38. The molecule has 1 saturated heterocycles. The summed E-state index contributed by atoms with van der Waals surface area (Å²) in [4.78, 5) is 37.9. The Labute approximate surface area is 177 Å². The fourth-order valence-electron chi connectivity index (χ4n) is 3.49. The molecule has 2 heterocycles. The Balaban J connectivity index is 0.000000401. The highest BCUT2D eigenvalue weighted by atomic mass is 16.7. The van der Waals surface area contributed by atoms with E-state index < -0.39 is 17.9 Å². The van der Waals surface area contributed by atoms with Gasteiger partial charge in [-0.2, -0.15) is 0 Å². The number of aliphatic carboxylic acids is 2. The van der Waals surface area contributed by atoms with Crippen molar-refractivity contribution in [2.45, 2.75) is 18.6 Å². The maximum Gasteiger partial charge on any atom is 0.414 e. The van der Waals surface area contributed by atoms with E-state index in [-0.39, 0.29) is 17.7 Å². The maximum atomic E-state index is 11.4. The summed E-state index contributed by atoms with van der Waals surface area (Å²) in [5.41, 5.74) is 1.92. The summed E-state index contributed by atoms with van der Waals surface area (Å²) in [5, 5.41) is 25.9. The molecular weight excluding hydrogens is 408 g/mol. The molecule has 2 aliphatic heterocycles. The SMILES string of the molecule is CN(C)CC1CC2c3ccccc3Oc3ccc(C(=O)O)cc3N2O1.O=C(O)C(=O)O. The highest BCUT2D eigenvalue weighted by molar-refractivity contribution is 6.27. The number of anilines is 1. The summed E-state index contributed by atoms with van der Waals surface area (Å²) in [5.74, 6) is -3.23. The molecule has 0 bridgehead atoms. The van der Waals surface area contributed by atoms with Crippen LogP contribution in [-0.4, -0.2) is 64.9 Å². The van der Waals surface area contributed by atoms with E-state index >= 15 is 0 Å². The summed E-state index contributed by atoms with van der Waals surface area (Å²) < 4.78 is 6.06. The summed E-state index contributed by atoms with van der Waals surface area (Å²) in [7, 11) is 4.03. The van der Waals surface area contributed by atoms with Crippen molar-refractivity contribution < 1.29 is 39.3 Å². The van der Waals surface area contributed by atoms with Crippen LogP contribution in [0, 0.1) is 0 Å². The first kappa shape index (κ1) is 22.1. The van der Waals surface area contributed by atoms with Gasteiger partial charge in [0, 0.05) is 18.5 Å². The van der Waals surface area contributed by atoms with Crippen LogP contribution in [0.25, 0.3) is 0 Å². The Morgan fingerprint density at radius 1 is 1.03 bits per heavy atom. The minimum atomic E-state index is -1.82. The summed E-state index contributed by atoms with van der Waals surface area (Å²) in [6.45, 7) is 0.796. The van der Waals surface area contributed by atoms with Gasteiger partial charge in [-0.15, -0.1) is 0 Å². The predicted molar refractivity (Wildman–Crippen MR) is 108 cm³/mol. The second kappa shape index (κ2) is 9.02. The molecule has 2 aromatic carbocycles. The number of carbonyl (C=O) groups is 3. The van der Waals surface area contributed by atoms with E-state index in [1.165, 1.54) is 0 Å². The predicted octanol–water partition coefficient (Wildman–Crippen LogP) is 2.46. The summed E-state index contributed by atoms with van der Waals surface area (Å²) in [6.07, 6.45) is 0.849. The van der Waals surface area contributed by atoms with Crippen LogP contribution in [0.4, 0.5) is 5.69 Å². The van der Waals surface area contributed by atoms with Crippen LogP contribution in [0.3, 0.4) is 0 Å². The standard InChI is InChI=1S/C19H20N2O4.C2H2O4/c1-20(2)11-13-10-15-14-5-3-4-6-17(14)24-18-8-7-12(19(22)23)9-16(18)21(15)25-13;3-1(4)2(5)6/h3-9,13,15H,10-11H2,1-2H3,(H,22,23);(H,3,4)(H,5,6). The van der Waals surface area contributed by atoms with E-state index in [0.29, 0.717) is 11.4 Å². The molecule has 4 rings (SSSR count). The Bertz CT molecular complexity index is 995. The number of nitrogens with zero attached hydrogens (tertiary/aromatic N) is 2. The number of benzene rings is 2. The zero-order valence-electron chi connectivity index (χ0n) is 16.9. The van der Waals surface area contributed by atoms with Crippen LogP contribution in [0.1, 0.15) is 28.4 Å². The first-order valence-electron chi connectivity index (χ1n) is 9.38. The number of para-hydroxylation sites is 1. The largest absolute Gasteiger partial charge is 0.478 e. The first-order chi connectivity index (χ1) is 14.7. The van der Waals surface area contributed by atoms with E-state index in [1.807, 2.05) is 43.4 Å². The fraction of sp³-hybridized carbons (Fsp3) is 0.286. The number of carboxylic acid groups (broad SMARTS) is 3. The van der Waals surface area contributed by atoms with Crippen LogP contribution in [0.5, 0.6) is 11.5 Å². The van der Waals surface area contributed by atoms with Crippen LogP contribution in [0.2, 0.25) is 0 Å². The van der Waals surface area contributed by atoms with Gasteiger partial charge in [0.05, 0.1) is 11.6 Å². The molecule has 2 unspecified atom stereocenters. The van der Waals surface area contributed by atoms with Crippen molar-refractivity contribution in [2.75, 3.05) is 25.7 Å². The van der Waals surface area contributed by atoms with Gasteiger partial charge < -0.3 is 25.0 Å². The van der Waals surface area contributed by atoms with E-state index in [4.69, 9.17) is 29.4 Å². The number of aromatic carboxylic acids is 1. The van der Waals surface area contributed by atoms with Gasteiger partial charge in [-0.25, -0.2) is 19.4 Å². The Hall–Kier alpha value is -3.63. The molecule has 31 heavy (non-hydrogen) atoms. The molecule has 0 spiro atoms. The zero-order chi connectivity index (χ0) is 22.7. The van der Waals surface area contributed by atoms with Gasteiger partial charge in [0.2, 0.25) is 0 Å². The molecule has 0 aromatic heterocycles. The van der Waals surface area contributed by atoms with Crippen molar-refractivity contribution in [2.24, 2.45) is 0 Å². The Morgan fingerprint density at radius 2 is 1.71 bits per heavy atom. The minimum absolute atomic E-state index is 0.00792. The summed E-state index contributed by atoms with van der Waals surface area (Å²) >= 11 is 0. The van der Waals surface area contributed by atoms with Crippen LogP contribution >= 0.6 is 0 Å². The van der Waals surface area contributed by atoms with Crippen molar-refractivity contribution in [3.8, 4) is 11.5 Å². The second-order valence-corrected chi connectivity index (χ2v) is 7.30. The van der Waals surface area contributed by atoms with E-state index in [9.17, 15) is 9.90 Å². The molecule has 1 fully saturated rings. The average Bonchev–Trinajstić information content (AvgIpc) is 3.06. The molecule has 164 valence electrons. The number of rotatable bonds is 3. The molecule has 10 nitrogen and oxygen atoms in total. The van der Waals surface area contributed by atoms with Crippen molar-refractivity contribution >= 4 is 23.6 Å². The van der Waals surface area contributed by atoms with Crippen molar-refractivity contribution in [1.29, 1.82) is 0 Å². The highest BCUT2D eigenvalue weighted by Crippen LogP contribution is 2.49. The zero-order valence-corrected chi connectivity index (χ0v) is 16.9. The van der Waals surface area contributed by atoms with Gasteiger partial charge in [0.1, 0.15) is 17.5 Å². The van der Waals surface area contributed by atoms with Crippen molar-refractivity contribution in [1.82, 2.24) is 4.90 Å². The van der Waals surface area contributed by atoms with E-state index in [1.54, 1.807) is 18.2 Å². The maximum absolute atomic E-state index is 11.4. The van der Waals surface area contributed by atoms with E-state index in [0.717, 1.165) is 24.3 Å². The quantitative estimate of drug-likeness (QED) is 0.623. The molecular formula is C21H22N2O8. The van der Waals surface area contributed by atoms with Gasteiger partial charge in [-0.1, -0.05) is 18.2 Å². The van der Waals surface area contributed by atoms with E-state index in [2.05, 4.69) is 4.90 Å². The van der Waals surface area contributed by atoms with Crippen molar-refractivity contribution in [3.05, 3.63) is 53.6 Å². The van der Waals surface area contributed by atoms with Gasteiger partial charge >= 0.3 is 17.9 Å². The molecule has 2 aliphatic rings. The molecule has 0 saturated carbocycles. The molecule has 2 aromatic rings. The van der Waals surface area contributed by atoms with Gasteiger partial charge in [0.15, 0.2) is 5.75 Å². The number of hydrogen-bond acceptors (Lipinski definition) is 7. The monoisotopic (exact) mass is 430 g/mol. The molecule has 3 N–H and O–H groups in total. The van der Waals surface area contributed by atoms with Gasteiger partial charge in [-0.05, 0) is 38.4 Å².